The van der Waals surface area contributed by atoms with Crippen molar-refractivity contribution in [1.82, 2.24) is 9.97 Å². The summed E-state index contributed by atoms with van der Waals surface area (Å²) in [5, 5.41) is 15.1. The fraction of sp³-hybridized carbons (Fsp3) is 0.182. The first-order valence-electron chi connectivity index (χ1n) is 4.78. The second-order valence-electron chi connectivity index (χ2n) is 3.24. The number of aromatic nitrogens is 2. The van der Waals surface area contributed by atoms with Crippen LogP contribution in [0.15, 0.2) is 23.8 Å². The van der Waals surface area contributed by atoms with E-state index < -0.39 is 0 Å². The Kier molecular flexibility index (Phi) is 3.13. The van der Waals surface area contributed by atoms with Crippen LogP contribution in [0.2, 0.25) is 0 Å². The molecule has 80 valence electrons. The fourth-order valence-corrected chi connectivity index (χ4v) is 1.92. The molecule has 16 heavy (non-hydrogen) atoms. The number of thiazole rings is 1. The standard InChI is InChI=1S/C11H10N4S/c1-8-15-10(7-16-8)5-14-11-6-13-3-2-9(11)4-12/h2-3,6-7,14H,5H2,1H3. The Morgan fingerprint density at radius 1 is 1.56 bits per heavy atom. The van der Waals surface area contributed by atoms with Crippen LogP contribution in [0.3, 0.4) is 0 Å². The summed E-state index contributed by atoms with van der Waals surface area (Å²) in [5.41, 5.74) is 2.33. The van der Waals surface area contributed by atoms with Crippen LogP contribution in [0.5, 0.6) is 0 Å². The van der Waals surface area contributed by atoms with Gasteiger partial charge in [0.25, 0.3) is 0 Å². The van der Waals surface area contributed by atoms with Crippen molar-refractivity contribution >= 4 is 17.0 Å². The van der Waals surface area contributed by atoms with Crippen LogP contribution in [-0.4, -0.2) is 9.97 Å². The Morgan fingerprint density at radius 2 is 2.44 bits per heavy atom. The molecule has 0 aliphatic heterocycles. The molecule has 0 atom stereocenters. The summed E-state index contributed by atoms with van der Waals surface area (Å²) in [6.45, 7) is 2.59. The van der Waals surface area contributed by atoms with Crippen molar-refractivity contribution in [3.63, 3.8) is 0 Å². The van der Waals surface area contributed by atoms with Crippen LogP contribution < -0.4 is 5.32 Å². The number of anilines is 1. The molecule has 0 radical (unpaired) electrons. The maximum atomic E-state index is 8.89. The largest absolute Gasteiger partial charge is 0.377 e. The number of hydrogen-bond acceptors (Lipinski definition) is 5. The van der Waals surface area contributed by atoms with Gasteiger partial charge in [-0.15, -0.1) is 11.3 Å². The SMILES string of the molecule is Cc1nc(CNc2cnccc2C#N)cs1. The van der Waals surface area contributed by atoms with E-state index in [1.165, 1.54) is 0 Å². The maximum Gasteiger partial charge on any atom is 0.101 e. The van der Waals surface area contributed by atoms with E-state index in [4.69, 9.17) is 5.26 Å². The first-order valence-corrected chi connectivity index (χ1v) is 5.66. The highest BCUT2D eigenvalue weighted by Gasteiger charge is 2.02. The number of nitrogens with zero attached hydrogens (tertiary/aromatic N) is 3. The van der Waals surface area contributed by atoms with Gasteiger partial charge in [-0.3, -0.25) is 4.98 Å². The van der Waals surface area contributed by atoms with Gasteiger partial charge in [-0.05, 0) is 13.0 Å². The lowest BCUT2D eigenvalue weighted by molar-refractivity contribution is 1.05. The van der Waals surface area contributed by atoms with Gasteiger partial charge in [0.05, 0.1) is 34.7 Å². The maximum absolute atomic E-state index is 8.89. The number of nitriles is 1. The third-order valence-electron chi connectivity index (χ3n) is 2.07. The first-order chi connectivity index (χ1) is 7.79. The minimum atomic E-state index is 0.599. The summed E-state index contributed by atoms with van der Waals surface area (Å²) in [7, 11) is 0. The van der Waals surface area contributed by atoms with Crippen molar-refractivity contribution in [2.45, 2.75) is 13.5 Å². The van der Waals surface area contributed by atoms with Gasteiger partial charge in [-0.25, -0.2) is 4.98 Å². The van der Waals surface area contributed by atoms with E-state index in [-0.39, 0.29) is 0 Å². The number of rotatable bonds is 3. The zero-order chi connectivity index (χ0) is 11.4. The van der Waals surface area contributed by atoms with E-state index in [0.717, 1.165) is 16.4 Å². The minimum absolute atomic E-state index is 0.599. The van der Waals surface area contributed by atoms with Crippen molar-refractivity contribution in [3.8, 4) is 6.07 Å². The summed E-state index contributed by atoms with van der Waals surface area (Å²) < 4.78 is 0. The Morgan fingerprint density at radius 3 is 3.12 bits per heavy atom. The second-order valence-corrected chi connectivity index (χ2v) is 4.31. The van der Waals surface area contributed by atoms with Crippen molar-refractivity contribution in [2.24, 2.45) is 0 Å². The molecule has 2 aromatic rings. The third kappa shape index (κ3) is 2.35. The van der Waals surface area contributed by atoms with Crippen molar-refractivity contribution in [2.75, 3.05) is 5.32 Å². The average molecular weight is 230 g/mol. The number of hydrogen-bond donors (Lipinski definition) is 1. The zero-order valence-electron chi connectivity index (χ0n) is 8.77. The number of aryl methyl sites for hydroxylation is 1. The topological polar surface area (TPSA) is 61.6 Å². The third-order valence-corrected chi connectivity index (χ3v) is 2.89. The van der Waals surface area contributed by atoms with E-state index in [0.29, 0.717) is 12.1 Å². The molecular formula is C11H10N4S. The van der Waals surface area contributed by atoms with Crippen molar-refractivity contribution in [1.29, 1.82) is 5.26 Å². The highest BCUT2D eigenvalue weighted by Crippen LogP contribution is 2.14. The molecule has 0 aliphatic carbocycles. The van der Waals surface area contributed by atoms with Gasteiger partial charge in [-0.2, -0.15) is 5.26 Å². The predicted octanol–water partition coefficient (Wildman–Crippen LogP) is 2.33. The fourth-order valence-electron chi connectivity index (χ4n) is 1.31. The molecule has 2 rings (SSSR count). The second kappa shape index (κ2) is 4.73. The van der Waals surface area contributed by atoms with E-state index >= 15 is 0 Å². The smallest absolute Gasteiger partial charge is 0.101 e. The summed E-state index contributed by atoms with van der Waals surface area (Å²) >= 11 is 1.62. The van der Waals surface area contributed by atoms with E-state index in [2.05, 4.69) is 21.4 Å². The quantitative estimate of drug-likeness (QED) is 0.879. The van der Waals surface area contributed by atoms with Crippen LogP contribution in [-0.2, 0) is 6.54 Å². The highest BCUT2D eigenvalue weighted by molar-refractivity contribution is 7.09. The Balaban J connectivity index is 2.08. The van der Waals surface area contributed by atoms with E-state index in [1.54, 1.807) is 29.8 Å². The monoisotopic (exact) mass is 230 g/mol. The molecule has 0 saturated carbocycles. The molecule has 5 heteroatoms. The van der Waals surface area contributed by atoms with E-state index in [1.807, 2.05) is 12.3 Å². The molecule has 0 bridgehead atoms. The zero-order valence-corrected chi connectivity index (χ0v) is 9.58. The minimum Gasteiger partial charge on any atom is -0.377 e. The summed E-state index contributed by atoms with van der Waals surface area (Å²) in [5.74, 6) is 0. The predicted molar refractivity (Wildman–Crippen MR) is 63.1 cm³/mol. The summed E-state index contributed by atoms with van der Waals surface area (Å²) in [6.07, 6.45) is 3.26. The van der Waals surface area contributed by atoms with Crippen molar-refractivity contribution in [3.05, 3.63) is 40.1 Å². The van der Waals surface area contributed by atoms with E-state index in [9.17, 15) is 0 Å². The highest BCUT2D eigenvalue weighted by atomic mass is 32.1. The molecule has 2 heterocycles. The molecule has 1 N–H and O–H groups in total. The van der Waals surface area contributed by atoms with Crippen LogP contribution in [0.4, 0.5) is 5.69 Å². The Hall–Kier alpha value is -1.93. The van der Waals surface area contributed by atoms with Gasteiger partial charge in [0.1, 0.15) is 6.07 Å². The van der Waals surface area contributed by atoms with Gasteiger partial charge >= 0.3 is 0 Å². The van der Waals surface area contributed by atoms with Crippen LogP contribution in [0, 0.1) is 18.3 Å². The molecule has 4 nitrogen and oxygen atoms in total. The first kappa shape index (κ1) is 10.6. The lowest BCUT2D eigenvalue weighted by Gasteiger charge is -2.04. The van der Waals surface area contributed by atoms with Crippen LogP contribution in [0.1, 0.15) is 16.3 Å². The van der Waals surface area contributed by atoms with Crippen LogP contribution in [0.25, 0.3) is 0 Å². The summed E-state index contributed by atoms with van der Waals surface area (Å²) in [6, 6.07) is 3.81. The molecule has 0 aromatic carbocycles. The Bertz CT molecular complexity index is 527. The lowest BCUT2D eigenvalue weighted by Crippen LogP contribution is -2.02. The van der Waals surface area contributed by atoms with Crippen LogP contribution >= 0.6 is 11.3 Å². The number of pyridine rings is 1. The molecule has 0 fully saturated rings. The molecule has 2 aromatic heterocycles. The molecule has 0 spiro atoms. The lowest BCUT2D eigenvalue weighted by atomic mass is 10.2. The molecular weight excluding hydrogens is 220 g/mol. The van der Waals surface area contributed by atoms with Gasteiger partial charge in [0, 0.05) is 11.6 Å². The summed E-state index contributed by atoms with van der Waals surface area (Å²) in [4.78, 5) is 8.31. The molecule has 0 unspecified atom stereocenters. The average Bonchev–Trinajstić information content (AvgIpc) is 2.73. The van der Waals surface area contributed by atoms with Gasteiger partial charge in [-0.1, -0.05) is 0 Å². The number of nitrogens with one attached hydrogen (secondary N) is 1. The normalized spacial score (nSPS) is 9.75. The Labute approximate surface area is 97.6 Å². The molecule has 0 amide bonds. The molecule has 0 saturated heterocycles. The molecule has 0 aliphatic rings. The van der Waals surface area contributed by atoms with Gasteiger partial charge in [0.2, 0.25) is 0 Å². The van der Waals surface area contributed by atoms with Gasteiger partial charge in [0.15, 0.2) is 0 Å². The van der Waals surface area contributed by atoms with Gasteiger partial charge < -0.3 is 5.32 Å². The van der Waals surface area contributed by atoms with Crippen molar-refractivity contribution < 1.29 is 0 Å².